The number of para-hydroxylation sites is 3. The quantitative estimate of drug-likeness (QED) is 0.372. The van der Waals surface area contributed by atoms with Crippen molar-refractivity contribution in [3.8, 4) is 17.2 Å². The second kappa shape index (κ2) is 18.9. The van der Waals surface area contributed by atoms with E-state index in [0.29, 0.717) is 17.2 Å². The molecule has 0 fully saturated rings. The molecule has 9 nitrogen and oxygen atoms in total. The molecule has 0 amide bonds. The summed E-state index contributed by atoms with van der Waals surface area (Å²) in [6.07, 6.45) is 0. The number of aromatic carboxylic acids is 3. The molecule has 0 aliphatic carbocycles. The van der Waals surface area contributed by atoms with E-state index in [-0.39, 0.29) is 82.1 Å². The molecule has 0 saturated carbocycles. The summed E-state index contributed by atoms with van der Waals surface area (Å²) in [6, 6.07) is 19.0. The molecule has 180 valence electrons. The van der Waals surface area contributed by atoms with Gasteiger partial charge in [-0.25, -0.2) is 0 Å². The smallest absolute Gasteiger partial charge is 0.127 e. The topological polar surface area (TPSA) is 148 Å². The number of hydrogen-bond donors (Lipinski definition) is 0. The van der Waals surface area contributed by atoms with Gasteiger partial charge in [0.2, 0.25) is 0 Å². The largest absolute Gasteiger partial charge is 0.545 e. The Kier molecular flexibility index (Phi) is 18.9. The summed E-state index contributed by atoms with van der Waals surface area (Å²) in [6.45, 7) is 0. The van der Waals surface area contributed by atoms with Crippen molar-refractivity contribution in [2.24, 2.45) is 0 Å². The minimum atomic E-state index is -1.22. The van der Waals surface area contributed by atoms with Crippen molar-refractivity contribution < 1.29 is 109 Å². The summed E-state index contributed by atoms with van der Waals surface area (Å²) in [7, 11) is 4.26. The molecule has 35 heavy (non-hydrogen) atoms. The van der Waals surface area contributed by atoms with Crippen LogP contribution in [0.15, 0.2) is 72.8 Å². The van der Waals surface area contributed by atoms with Crippen LogP contribution in [0.1, 0.15) is 31.1 Å². The number of methoxy groups -OCH3 is 3. The van der Waals surface area contributed by atoms with Crippen LogP contribution in [0.5, 0.6) is 17.2 Å². The van der Waals surface area contributed by atoms with E-state index in [4.69, 9.17) is 14.2 Å². The maximum Gasteiger partial charge on any atom is 0.127 e. The molecular formula is C24H21O9Y2-3. The molecule has 0 atom stereocenters. The molecule has 11 heteroatoms. The number of ether oxygens (including phenoxy) is 3. The molecule has 0 bridgehead atoms. The van der Waals surface area contributed by atoms with Crippen LogP contribution in [0.2, 0.25) is 0 Å². The Morgan fingerprint density at radius 1 is 0.486 bits per heavy atom. The Bertz CT molecular complexity index is 951. The van der Waals surface area contributed by atoms with Crippen LogP contribution in [0.25, 0.3) is 0 Å². The first-order valence-electron chi connectivity index (χ1n) is 9.29. The molecule has 2 radical (unpaired) electrons. The van der Waals surface area contributed by atoms with Crippen LogP contribution in [0.3, 0.4) is 0 Å². The molecule has 0 unspecified atom stereocenters. The standard InChI is InChI=1S/3C8H8O3.2Y/c3*1-11-7-5-3-2-4-6(7)8(9)10;;/h3*2-5H,1H3,(H,9,10);;/p-3. The van der Waals surface area contributed by atoms with Gasteiger partial charge in [0, 0.05) is 82.1 Å². The number of carboxylic acid groups (broad SMARTS) is 3. The third-order valence-electron chi connectivity index (χ3n) is 3.98. The first kappa shape index (κ1) is 34.8. The maximum absolute atomic E-state index is 10.4. The molecule has 0 N–H and O–H groups in total. The van der Waals surface area contributed by atoms with Gasteiger partial charge in [0.25, 0.3) is 0 Å². The minimum absolute atomic E-state index is 0. The zero-order chi connectivity index (χ0) is 24.8. The van der Waals surface area contributed by atoms with Crippen molar-refractivity contribution in [3.63, 3.8) is 0 Å². The van der Waals surface area contributed by atoms with E-state index in [1.165, 1.54) is 39.5 Å². The molecule has 0 spiro atoms. The van der Waals surface area contributed by atoms with E-state index in [1.54, 1.807) is 54.6 Å². The van der Waals surface area contributed by atoms with Gasteiger partial charge in [0.15, 0.2) is 0 Å². The minimum Gasteiger partial charge on any atom is -0.545 e. The normalized spacial score (nSPS) is 8.66. The molecule has 3 aromatic carbocycles. The number of carbonyl (C=O) groups excluding carboxylic acids is 3. The van der Waals surface area contributed by atoms with Crippen molar-refractivity contribution in [1.29, 1.82) is 0 Å². The first-order chi connectivity index (χ1) is 15.8. The van der Waals surface area contributed by atoms with Crippen LogP contribution in [-0.2, 0) is 65.4 Å². The predicted molar refractivity (Wildman–Crippen MR) is 112 cm³/mol. The van der Waals surface area contributed by atoms with Crippen LogP contribution in [0, 0.1) is 0 Å². The third kappa shape index (κ3) is 11.8. The summed E-state index contributed by atoms with van der Waals surface area (Å²) < 4.78 is 14.4. The Morgan fingerprint density at radius 3 is 0.829 bits per heavy atom. The number of rotatable bonds is 6. The van der Waals surface area contributed by atoms with Gasteiger partial charge in [-0.1, -0.05) is 36.4 Å². The molecule has 0 aromatic heterocycles. The SMILES string of the molecule is COc1ccccc1C(=O)[O-].COc1ccccc1C(=O)[O-].COc1ccccc1C(=O)[O-].[Y].[Y]. The van der Waals surface area contributed by atoms with E-state index < -0.39 is 17.9 Å². The third-order valence-corrected chi connectivity index (χ3v) is 3.98. The number of carboxylic acids is 3. The van der Waals surface area contributed by atoms with Crippen LogP contribution in [-0.4, -0.2) is 39.2 Å². The molecule has 0 aliphatic heterocycles. The fourth-order valence-electron chi connectivity index (χ4n) is 2.44. The van der Waals surface area contributed by atoms with Gasteiger partial charge in [-0.3, -0.25) is 0 Å². The van der Waals surface area contributed by atoms with Crippen molar-refractivity contribution in [3.05, 3.63) is 89.5 Å². The summed E-state index contributed by atoms with van der Waals surface area (Å²) in [5, 5.41) is 31.2. The van der Waals surface area contributed by atoms with Gasteiger partial charge < -0.3 is 43.9 Å². The van der Waals surface area contributed by atoms with E-state index in [2.05, 4.69) is 0 Å². The number of carbonyl (C=O) groups is 3. The van der Waals surface area contributed by atoms with Gasteiger partial charge in [-0.05, 0) is 36.4 Å². The van der Waals surface area contributed by atoms with Gasteiger partial charge in [-0.2, -0.15) is 0 Å². The van der Waals surface area contributed by atoms with Crippen LogP contribution in [0.4, 0.5) is 0 Å². The molecular weight excluding hydrogens is 610 g/mol. The monoisotopic (exact) mass is 631 g/mol. The molecule has 3 aromatic rings. The van der Waals surface area contributed by atoms with Gasteiger partial charge in [-0.15, -0.1) is 0 Å². The van der Waals surface area contributed by atoms with Crippen molar-refractivity contribution in [1.82, 2.24) is 0 Å². The fourth-order valence-corrected chi connectivity index (χ4v) is 2.44. The summed E-state index contributed by atoms with van der Waals surface area (Å²) in [5.41, 5.74) is 0.236. The van der Waals surface area contributed by atoms with Crippen molar-refractivity contribution in [2.75, 3.05) is 21.3 Å². The first-order valence-corrected chi connectivity index (χ1v) is 9.29. The van der Waals surface area contributed by atoms with E-state index in [0.717, 1.165) is 0 Å². The molecule has 0 aliphatic rings. The Labute approximate surface area is 253 Å². The number of benzene rings is 3. The molecule has 3 rings (SSSR count). The van der Waals surface area contributed by atoms with E-state index in [1.807, 2.05) is 0 Å². The van der Waals surface area contributed by atoms with Crippen molar-refractivity contribution >= 4 is 17.9 Å². The average molecular weight is 631 g/mol. The zero-order valence-corrected chi connectivity index (χ0v) is 24.9. The zero-order valence-electron chi connectivity index (χ0n) is 19.3. The predicted octanol–water partition coefficient (Wildman–Crippen LogP) is 0.171. The van der Waals surface area contributed by atoms with Crippen LogP contribution >= 0.6 is 0 Å². The number of hydrogen-bond acceptors (Lipinski definition) is 9. The van der Waals surface area contributed by atoms with Gasteiger partial charge in [0.1, 0.15) is 17.2 Å². The maximum atomic E-state index is 10.4. The Morgan fingerprint density at radius 2 is 0.686 bits per heavy atom. The fraction of sp³-hybridized carbons (Fsp3) is 0.125. The van der Waals surface area contributed by atoms with Gasteiger partial charge >= 0.3 is 0 Å². The van der Waals surface area contributed by atoms with E-state index >= 15 is 0 Å². The summed E-state index contributed by atoms with van der Waals surface area (Å²) in [5.74, 6) is -2.68. The summed E-state index contributed by atoms with van der Waals surface area (Å²) >= 11 is 0. The van der Waals surface area contributed by atoms with Crippen molar-refractivity contribution in [2.45, 2.75) is 0 Å². The Hall–Kier alpha value is -2.32. The second-order valence-electron chi connectivity index (χ2n) is 5.96. The average Bonchev–Trinajstić information content (AvgIpc) is 2.84. The van der Waals surface area contributed by atoms with E-state index in [9.17, 15) is 29.7 Å². The Balaban J connectivity index is 0. The van der Waals surface area contributed by atoms with Gasteiger partial charge in [0.05, 0.1) is 39.2 Å². The second-order valence-corrected chi connectivity index (χ2v) is 5.96. The summed E-state index contributed by atoms with van der Waals surface area (Å²) in [4.78, 5) is 31.2. The van der Waals surface area contributed by atoms with Crippen LogP contribution < -0.4 is 29.5 Å². The molecule has 0 heterocycles. The molecule has 0 saturated heterocycles.